The fourth-order valence-corrected chi connectivity index (χ4v) is 1.05. The lowest BCUT2D eigenvalue weighted by Crippen LogP contribution is -2.09. The molecular formula is C10H12FNO2. The number of ether oxygens (including phenoxy) is 1. The predicted molar refractivity (Wildman–Crippen MR) is 49.3 cm³/mol. The van der Waals surface area contributed by atoms with Crippen molar-refractivity contribution < 1.29 is 13.9 Å². The molecule has 14 heavy (non-hydrogen) atoms. The quantitative estimate of drug-likeness (QED) is 0.691. The first-order chi connectivity index (χ1) is 6.63. The van der Waals surface area contributed by atoms with Gasteiger partial charge in [0.25, 0.3) is 0 Å². The van der Waals surface area contributed by atoms with E-state index < -0.39 is 0 Å². The Balaban J connectivity index is 2.68. The first-order valence-corrected chi connectivity index (χ1v) is 4.40. The van der Waals surface area contributed by atoms with Gasteiger partial charge in [-0.15, -0.1) is 0 Å². The number of aryl methyl sites for hydroxylation is 1. The van der Waals surface area contributed by atoms with Crippen LogP contribution < -0.4 is 0 Å². The summed E-state index contributed by atoms with van der Waals surface area (Å²) in [4.78, 5) is 14.8. The maximum absolute atomic E-state index is 12.8. The molecule has 0 aliphatic carbocycles. The highest BCUT2D eigenvalue weighted by Crippen LogP contribution is 2.06. The third kappa shape index (κ3) is 2.80. The number of carbonyl (C=O) groups excluding carboxylic acids is 1. The Bertz CT molecular complexity index is 339. The average molecular weight is 197 g/mol. The van der Waals surface area contributed by atoms with E-state index in [4.69, 9.17) is 4.74 Å². The van der Waals surface area contributed by atoms with Gasteiger partial charge >= 0.3 is 5.97 Å². The maximum atomic E-state index is 12.8. The zero-order valence-electron chi connectivity index (χ0n) is 8.21. The van der Waals surface area contributed by atoms with Gasteiger partial charge in [0.2, 0.25) is 0 Å². The lowest BCUT2D eigenvalue weighted by molar-refractivity contribution is -0.142. The van der Waals surface area contributed by atoms with Crippen molar-refractivity contribution in [2.24, 2.45) is 0 Å². The van der Waals surface area contributed by atoms with Crippen LogP contribution in [0, 0.1) is 12.7 Å². The number of hydrogen-bond donors (Lipinski definition) is 0. The van der Waals surface area contributed by atoms with E-state index in [0.29, 0.717) is 17.9 Å². The highest BCUT2D eigenvalue weighted by Gasteiger charge is 2.06. The number of halogens is 1. The second-order valence-electron chi connectivity index (χ2n) is 2.91. The molecule has 1 rings (SSSR count). The Kier molecular flexibility index (Phi) is 3.56. The van der Waals surface area contributed by atoms with Crippen LogP contribution in [-0.4, -0.2) is 17.6 Å². The second kappa shape index (κ2) is 4.69. The van der Waals surface area contributed by atoms with Gasteiger partial charge in [0.15, 0.2) is 0 Å². The van der Waals surface area contributed by atoms with Gasteiger partial charge in [-0.05, 0) is 25.5 Å². The molecule has 1 aromatic heterocycles. The molecule has 0 spiro atoms. The van der Waals surface area contributed by atoms with Gasteiger partial charge in [-0.2, -0.15) is 0 Å². The molecule has 0 N–H and O–H groups in total. The lowest BCUT2D eigenvalue weighted by Gasteiger charge is -2.02. The fourth-order valence-electron chi connectivity index (χ4n) is 1.05. The van der Waals surface area contributed by atoms with E-state index in [1.54, 1.807) is 19.9 Å². The number of pyridine rings is 1. The minimum Gasteiger partial charge on any atom is -0.466 e. The molecule has 0 fully saturated rings. The Morgan fingerprint density at radius 1 is 1.64 bits per heavy atom. The van der Waals surface area contributed by atoms with Crippen molar-refractivity contribution in [3.63, 3.8) is 0 Å². The van der Waals surface area contributed by atoms with Crippen molar-refractivity contribution in [2.75, 3.05) is 6.61 Å². The molecule has 0 aliphatic rings. The van der Waals surface area contributed by atoms with Gasteiger partial charge in [0.1, 0.15) is 5.82 Å². The third-order valence-electron chi connectivity index (χ3n) is 1.73. The topological polar surface area (TPSA) is 39.2 Å². The highest BCUT2D eigenvalue weighted by molar-refractivity contribution is 5.71. The summed E-state index contributed by atoms with van der Waals surface area (Å²) in [5.74, 6) is -0.705. The molecule has 0 unspecified atom stereocenters. The van der Waals surface area contributed by atoms with Crippen LogP contribution in [0.5, 0.6) is 0 Å². The first kappa shape index (κ1) is 10.6. The van der Waals surface area contributed by atoms with Crippen LogP contribution in [0.1, 0.15) is 18.2 Å². The van der Waals surface area contributed by atoms with Crippen molar-refractivity contribution in [1.29, 1.82) is 0 Å². The van der Waals surface area contributed by atoms with Crippen molar-refractivity contribution >= 4 is 5.97 Å². The number of esters is 1. The number of carbonyl (C=O) groups is 1. The number of aromatic nitrogens is 1. The number of nitrogens with zero attached hydrogens (tertiary/aromatic N) is 1. The summed E-state index contributed by atoms with van der Waals surface area (Å²) in [7, 11) is 0. The summed E-state index contributed by atoms with van der Waals surface area (Å²) in [6.45, 7) is 3.71. The Labute approximate surface area is 81.9 Å². The second-order valence-corrected chi connectivity index (χ2v) is 2.91. The molecule has 3 nitrogen and oxygen atoms in total. The Morgan fingerprint density at radius 3 is 2.93 bits per heavy atom. The van der Waals surface area contributed by atoms with Gasteiger partial charge in [0.05, 0.1) is 24.9 Å². The summed E-state index contributed by atoms with van der Waals surface area (Å²) in [5, 5.41) is 0. The van der Waals surface area contributed by atoms with Crippen molar-refractivity contribution in [3.05, 3.63) is 29.3 Å². The molecule has 0 aromatic carbocycles. The van der Waals surface area contributed by atoms with Gasteiger partial charge in [0, 0.05) is 0 Å². The lowest BCUT2D eigenvalue weighted by atomic mass is 10.2. The van der Waals surface area contributed by atoms with E-state index in [1.807, 2.05) is 0 Å². The first-order valence-electron chi connectivity index (χ1n) is 4.40. The van der Waals surface area contributed by atoms with E-state index in [0.717, 1.165) is 6.20 Å². The molecule has 4 heteroatoms. The largest absolute Gasteiger partial charge is 0.466 e. The molecule has 0 atom stereocenters. The normalized spacial score (nSPS) is 9.93. The molecule has 1 heterocycles. The molecule has 76 valence electrons. The zero-order chi connectivity index (χ0) is 10.6. The molecule has 0 bridgehead atoms. The van der Waals surface area contributed by atoms with Crippen LogP contribution in [-0.2, 0) is 16.0 Å². The van der Waals surface area contributed by atoms with E-state index in [-0.39, 0.29) is 18.2 Å². The SMILES string of the molecule is CCOC(=O)Cc1cc(C)c(F)cn1. The molecule has 0 saturated carbocycles. The average Bonchev–Trinajstić information content (AvgIpc) is 2.12. The van der Waals surface area contributed by atoms with Crippen molar-refractivity contribution in [2.45, 2.75) is 20.3 Å². The summed E-state index contributed by atoms with van der Waals surface area (Å²) in [6, 6.07) is 1.55. The molecule has 1 aromatic rings. The van der Waals surface area contributed by atoms with Crippen LogP contribution in [0.3, 0.4) is 0 Å². The molecule has 0 amide bonds. The van der Waals surface area contributed by atoms with Crippen LogP contribution >= 0.6 is 0 Å². The standard InChI is InChI=1S/C10H12FNO2/c1-3-14-10(13)5-8-4-7(2)9(11)6-12-8/h4,6H,3,5H2,1-2H3. The van der Waals surface area contributed by atoms with Crippen LogP contribution in [0.25, 0.3) is 0 Å². The molecular weight excluding hydrogens is 185 g/mol. The zero-order valence-corrected chi connectivity index (χ0v) is 8.21. The molecule has 0 aliphatic heterocycles. The molecule has 0 saturated heterocycles. The van der Waals surface area contributed by atoms with Crippen LogP contribution in [0.4, 0.5) is 4.39 Å². The summed E-state index contributed by atoms with van der Waals surface area (Å²) >= 11 is 0. The monoisotopic (exact) mass is 197 g/mol. The smallest absolute Gasteiger partial charge is 0.311 e. The highest BCUT2D eigenvalue weighted by atomic mass is 19.1. The fraction of sp³-hybridized carbons (Fsp3) is 0.400. The summed E-state index contributed by atoms with van der Waals surface area (Å²) < 4.78 is 17.5. The minimum atomic E-state index is -0.363. The Morgan fingerprint density at radius 2 is 2.36 bits per heavy atom. The van der Waals surface area contributed by atoms with Gasteiger partial charge in [-0.3, -0.25) is 9.78 Å². The van der Waals surface area contributed by atoms with Crippen molar-refractivity contribution in [3.8, 4) is 0 Å². The minimum absolute atomic E-state index is 0.0922. The molecule has 0 radical (unpaired) electrons. The third-order valence-corrected chi connectivity index (χ3v) is 1.73. The van der Waals surface area contributed by atoms with Gasteiger partial charge in [-0.1, -0.05) is 0 Å². The van der Waals surface area contributed by atoms with E-state index in [9.17, 15) is 9.18 Å². The van der Waals surface area contributed by atoms with Crippen molar-refractivity contribution in [1.82, 2.24) is 4.98 Å². The van der Waals surface area contributed by atoms with E-state index >= 15 is 0 Å². The van der Waals surface area contributed by atoms with Crippen LogP contribution in [0.2, 0.25) is 0 Å². The maximum Gasteiger partial charge on any atom is 0.311 e. The number of rotatable bonds is 3. The van der Waals surface area contributed by atoms with E-state index in [2.05, 4.69) is 4.98 Å². The summed E-state index contributed by atoms with van der Waals surface area (Å²) in [5.41, 5.74) is 1.02. The predicted octanol–water partition coefficient (Wildman–Crippen LogP) is 1.63. The summed E-state index contributed by atoms with van der Waals surface area (Å²) in [6.07, 6.45) is 1.21. The van der Waals surface area contributed by atoms with Gasteiger partial charge in [-0.25, -0.2) is 4.39 Å². The van der Waals surface area contributed by atoms with Gasteiger partial charge < -0.3 is 4.74 Å². The Hall–Kier alpha value is -1.45. The van der Waals surface area contributed by atoms with E-state index in [1.165, 1.54) is 0 Å². The van der Waals surface area contributed by atoms with Crippen LogP contribution in [0.15, 0.2) is 12.3 Å². The number of hydrogen-bond acceptors (Lipinski definition) is 3.